The van der Waals surface area contributed by atoms with Gasteiger partial charge in [-0.1, -0.05) is 0 Å². The molecule has 0 amide bonds. The maximum atomic E-state index is 9.61. The maximum Gasteiger partial charge on any atom is 0.0976 e. The van der Waals surface area contributed by atoms with Gasteiger partial charge in [-0.25, -0.2) is 0 Å². The van der Waals surface area contributed by atoms with Gasteiger partial charge in [0.2, 0.25) is 0 Å². The van der Waals surface area contributed by atoms with Crippen molar-refractivity contribution in [3.8, 4) is 0 Å². The van der Waals surface area contributed by atoms with E-state index in [2.05, 4.69) is 29.7 Å². The van der Waals surface area contributed by atoms with Crippen LogP contribution in [-0.2, 0) is 6.54 Å². The predicted octanol–water partition coefficient (Wildman–Crippen LogP) is -0.160. The summed E-state index contributed by atoms with van der Waals surface area (Å²) in [6.45, 7) is 4.06. The summed E-state index contributed by atoms with van der Waals surface area (Å²) in [5.74, 6) is 0. The molecule has 1 aromatic heterocycles. The van der Waals surface area contributed by atoms with Crippen LogP contribution in [0.5, 0.6) is 0 Å². The van der Waals surface area contributed by atoms with Gasteiger partial charge in [0.1, 0.15) is 0 Å². The first-order chi connectivity index (χ1) is 7.66. The number of nitrogens with one attached hydrogen (secondary N) is 2. The first-order valence-corrected chi connectivity index (χ1v) is 6.34. The molecular weight excluding hydrogens is 224 g/mol. The number of thiophene rings is 1. The molecule has 1 fully saturated rings. The Bertz CT molecular complexity index is 342. The van der Waals surface area contributed by atoms with Crippen LogP contribution in [0, 0.1) is 6.92 Å². The second kappa shape index (κ2) is 5.25. The summed E-state index contributed by atoms with van der Waals surface area (Å²) in [7, 11) is 0. The molecule has 2 heterocycles. The molecule has 4 N–H and O–H groups in total. The smallest absolute Gasteiger partial charge is 0.0976 e. The third kappa shape index (κ3) is 2.81. The molecule has 2 rings (SSSR count). The molecule has 0 aliphatic carbocycles. The molecule has 16 heavy (non-hydrogen) atoms. The van der Waals surface area contributed by atoms with E-state index in [1.807, 2.05) is 0 Å². The summed E-state index contributed by atoms with van der Waals surface area (Å²) in [6.07, 6.45) is -1.28. The molecule has 1 aliphatic rings. The van der Waals surface area contributed by atoms with E-state index in [1.54, 1.807) is 11.3 Å². The lowest BCUT2D eigenvalue weighted by Gasteiger charge is -2.16. The molecule has 3 atom stereocenters. The van der Waals surface area contributed by atoms with Crippen molar-refractivity contribution in [3.63, 3.8) is 0 Å². The Kier molecular flexibility index (Phi) is 3.94. The number of aryl methyl sites for hydroxylation is 1. The highest BCUT2D eigenvalue weighted by Crippen LogP contribution is 2.14. The average Bonchev–Trinajstić information content (AvgIpc) is 2.79. The average molecular weight is 242 g/mol. The number of β-amino-alcohol motifs (C(OH)–C–C–N with tert-alkyl or cyclic N) is 1. The van der Waals surface area contributed by atoms with Gasteiger partial charge in [0.15, 0.2) is 0 Å². The molecule has 1 saturated heterocycles. The minimum absolute atomic E-state index is 0.0453. The van der Waals surface area contributed by atoms with Crippen molar-refractivity contribution in [2.75, 3.05) is 13.1 Å². The minimum atomic E-state index is -0.655. The fourth-order valence-electron chi connectivity index (χ4n) is 1.91. The van der Waals surface area contributed by atoms with E-state index in [1.165, 1.54) is 9.75 Å². The van der Waals surface area contributed by atoms with Crippen molar-refractivity contribution in [1.29, 1.82) is 0 Å². The lowest BCUT2D eigenvalue weighted by molar-refractivity contribution is 0.0407. The highest BCUT2D eigenvalue weighted by atomic mass is 32.1. The van der Waals surface area contributed by atoms with Crippen molar-refractivity contribution in [2.24, 2.45) is 0 Å². The van der Waals surface area contributed by atoms with Crippen molar-refractivity contribution in [1.82, 2.24) is 10.6 Å². The lowest BCUT2D eigenvalue weighted by Crippen LogP contribution is -2.41. The van der Waals surface area contributed by atoms with E-state index >= 15 is 0 Å². The number of aliphatic hydroxyl groups is 2. The molecule has 0 unspecified atom stereocenters. The maximum absolute atomic E-state index is 9.61. The monoisotopic (exact) mass is 242 g/mol. The van der Waals surface area contributed by atoms with Gasteiger partial charge in [-0.05, 0) is 19.1 Å². The molecule has 0 saturated carbocycles. The Balaban J connectivity index is 1.72. The van der Waals surface area contributed by atoms with Crippen molar-refractivity contribution in [2.45, 2.75) is 31.7 Å². The zero-order valence-electron chi connectivity index (χ0n) is 9.31. The van der Waals surface area contributed by atoms with Gasteiger partial charge in [-0.2, -0.15) is 0 Å². The Morgan fingerprint density at radius 3 is 2.88 bits per heavy atom. The number of hydrogen-bond acceptors (Lipinski definition) is 5. The lowest BCUT2D eigenvalue weighted by atomic mass is 10.1. The third-order valence-electron chi connectivity index (χ3n) is 2.86. The minimum Gasteiger partial charge on any atom is -0.389 e. The summed E-state index contributed by atoms with van der Waals surface area (Å²) in [4.78, 5) is 2.61. The molecule has 0 radical (unpaired) electrons. The highest BCUT2D eigenvalue weighted by molar-refractivity contribution is 7.11. The van der Waals surface area contributed by atoms with E-state index in [-0.39, 0.29) is 6.04 Å². The molecule has 90 valence electrons. The largest absolute Gasteiger partial charge is 0.389 e. The Morgan fingerprint density at radius 2 is 2.31 bits per heavy atom. The van der Waals surface area contributed by atoms with E-state index in [4.69, 9.17) is 0 Å². The van der Waals surface area contributed by atoms with Crippen LogP contribution in [0.4, 0.5) is 0 Å². The van der Waals surface area contributed by atoms with Crippen LogP contribution in [0.15, 0.2) is 12.1 Å². The molecule has 5 heteroatoms. The summed E-state index contributed by atoms with van der Waals surface area (Å²) in [5, 5.41) is 25.3. The summed E-state index contributed by atoms with van der Waals surface area (Å²) in [6, 6.07) is 4.17. The normalized spacial score (nSPS) is 29.8. The highest BCUT2D eigenvalue weighted by Gasteiger charge is 2.32. The molecule has 1 aliphatic heterocycles. The molecule has 1 aromatic rings. The van der Waals surface area contributed by atoms with Crippen LogP contribution in [0.1, 0.15) is 9.75 Å². The second-order valence-electron chi connectivity index (χ2n) is 4.22. The van der Waals surface area contributed by atoms with E-state index in [9.17, 15) is 10.2 Å². The van der Waals surface area contributed by atoms with Crippen molar-refractivity contribution < 1.29 is 10.2 Å². The zero-order chi connectivity index (χ0) is 11.5. The van der Waals surface area contributed by atoms with E-state index in [0.717, 1.165) is 6.54 Å². The van der Waals surface area contributed by atoms with Crippen LogP contribution in [0.2, 0.25) is 0 Å². The number of hydrogen-bond donors (Lipinski definition) is 4. The van der Waals surface area contributed by atoms with Crippen LogP contribution in [0.25, 0.3) is 0 Å². The Morgan fingerprint density at radius 1 is 1.50 bits per heavy atom. The SMILES string of the molecule is Cc1ccc(CNC[C@H]2NC[C@H](O)[C@@H]2O)s1. The van der Waals surface area contributed by atoms with Gasteiger partial charge >= 0.3 is 0 Å². The fraction of sp³-hybridized carbons (Fsp3) is 0.636. The quantitative estimate of drug-likeness (QED) is 0.592. The van der Waals surface area contributed by atoms with E-state index in [0.29, 0.717) is 13.1 Å². The second-order valence-corrected chi connectivity index (χ2v) is 5.59. The van der Waals surface area contributed by atoms with Gasteiger partial charge in [0.05, 0.1) is 12.2 Å². The Hall–Kier alpha value is -0.460. The van der Waals surface area contributed by atoms with Gasteiger partial charge in [-0.3, -0.25) is 0 Å². The van der Waals surface area contributed by atoms with Crippen LogP contribution in [0.3, 0.4) is 0 Å². The van der Waals surface area contributed by atoms with Gasteiger partial charge in [0.25, 0.3) is 0 Å². The Labute approximate surface area is 99.3 Å². The number of rotatable bonds is 4. The first-order valence-electron chi connectivity index (χ1n) is 5.52. The topological polar surface area (TPSA) is 64.5 Å². The fourth-order valence-corrected chi connectivity index (χ4v) is 2.77. The zero-order valence-corrected chi connectivity index (χ0v) is 10.1. The summed E-state index contributed by atoms with van der Waals surface area (Å²) < 4.78 is 0. The third-order valence-corrected chi connectivity index (χ3v) is 3.86. The van der Waals surface area contributed by atoms with Crippen molar-refractivity contribution >= 4 is 11.3 Å². The van der Waals surface area contributed by atoms with Crippen molar-refractivity contribution in [3.05, 3.63) is 21.9 Å². The van der Waals surface area contributed by atoms with Crippen LogP contribution in [-0.4, -0.2) is 41.6 Å². The summed E-state index contributed by atoms with van der Waals surface area (Å²) >= 11 is 1.78. The van der Waals surface area contributed by atoms with Crippen LogP contribution < -0.4 is 10.6 Å². The predicted molar refractivity (Wildman–Crippen MR) is 64.6 cm³/mol. The molecule has 0 spiro atoms. The first kappa shape index (κ1) is 12.0. The van der Waals surface area contributed by atoms with Crippen LogP contribution >= 0.6 is 11.3 Å². The van der Waals surface area contributed by atoms with Gasteiger partial charge < -0.3 is 20.8 Å². The molecular formula is C11H18N2O2S. The number of aliphatic hydroxyl groups excluding tert-OH is 2. The summed E-state index contributed by atoms with van der Waals surface area (Å²) in [5.41, 5.74) is 0. The van der Waals surface area contributed by atoms with Gasteiger partial charge in [-0.15, -0.1) is 11.3 Å². The molecule has 0 bridgehead atoms. The van der Waals surface area contributed by atoms with Gasteiger partial charge in [0, 0.05) is 35.4 Å². The standard InChI is InChI=1S/C11H18N2O2S/c1-7-2-3-8(16-7)4-12-5-9-11(15)10(14)6-13-9/h2-3,9-15H,4-6H2,1H3/t9-,10+,11-/m1/s1. The molecule has 0 aromatic carbocycles. The molecule has 4 nitrogen and oxygen atoms in total. The van der Waals surface area contributed by atoms with E-state index < -0.39 is 12.2 Å².